The largest absolute Gasteiger partial charge is 0.569 e. The normalized spacial score (nSPS) is 19.4. The number of carbonyl (C=O) groups is 2. The zero-order chi connectivity index (χ0) is 13.7. The maximum atomic E-state index is 11.3. The number of rotatable bonds is 6. The minimum atomic E-state index is -1.09. The SMILES string of the molecule is CC(C)C(=O)OCO/N=[N+](\[O-])N1CC[C@H]1C(=O)O. The quantitative estimate of drug-likeness (QED) is 0.180. The number of carboxylic acid groups (broad SMARTS) is 1. The van der Waals surface area contributed by atoms with Crippen LogP contribution in [0.4, 0.5) is 0 Å². The maximum absolute atomic E-state index is 11.3. The van der Waals surface area contributed by atoms with Gasteiger partial charge in [-0.05, 0) is 0 Å². The summed E-state index contributed by atoms with van der Waals surface area (Å²) in [6, 6.07) is -0.881. The number of hydrazine groups is 1. The molecule has 102 valence electrons. The molecule has 18 heavy (non-hydrogen) atoms. The lowest BCUT2D eigenvalue weighted by Gasteiger charge is -2.31. The highest BCUT2D eigenvalue weighted by Crippen LogP contribution is 2.17. The first-order chi connectivity index (χ1) is 8.43. The summed E-state index contributed by atoms with van der Waals surface area (Å²) in [5.74, 6) is -1.87. The summed E-state index contributed by atoms with van der Waals surface area (Å²) in [4.78, 5) is 26.1. The van der Waals surface area contributed by atoms with Crippen molar-refractivity contribution >= 4 is 11.9 Å². The van der Waals surface area contributed by atoms with E-state index in [1.54, 1.807) is 13.8 Å². The second-order valence-corrected chi connectivity index (χ2v) is 4.01. The summed E-state index contributed by atoms with van der Waals surface area (Å²) in [6.07, 6.45) is 0.381. The summed E-state index contributed by atoms with van der Waals surface area (Å²) >= 11 is 0. The molecule has 1 aliphatic rings. The molecule has 1 fully saturated rings. The molecule has 0 bridgehead atoms. The van der Waals surface area contributed by atoms with Gasteiger partial charge in [0.25, 0.3) is 6.79 Å². The summed E-state index contributed by atoms with van der Waals surface area (Å²) < 4.78 is 4.60. The van der Waals surface area contributed by atoms with Crippen LogP contribution in [0.3, 0.4) is 0 Å². The molecule has 1 rings (SSSR count). The molecule has 1 saturated heterocycles. The molecule has 0 radical (unpaired) electrons. The highest BCUT2D eigenvalue weighted by Gasteiger charge is 2.41. The van der Waals surface area contributed by atoms with Crippen LogP contribution in [0.15, 0.2) is 5.28 Å². The predicted octanol–water partition coefficient (Wildman–Crippen LogP) is 0.111. The molecule has 0 amide bonds. The van der Waals surface area contributed by atoms with Crippen LogP contribution in [0.5, 0.6) is 0 Å². The van der Waals surface area contributed by atoms with Crippen molar-refractivity contribution in [3.8, 4) is 0 Å². The van der Waals surface area contributed by atoms with E-state index in [2.05, 4.69) is 14.9 Å². The zero-order valence-electron chi connectivity index (χ0n) is 10.1. The van der Waals surface area contributed by atoms with Gasteiger partial charge < -0.3 is 19.9 Å². The number of aliphatic carboxylic acids is 1. The number of hydrogen-bond acceptors (Lipinski definition) is 6. The third-order valence-corrected chi connectivity index (χ3v) is 2.35. The summed E-state index contributed by atoms with van der Waals surface area (Å²) in [5, 5.41) is 24.0. The Bertz CT molecular complexity index is 356. The number of carboxylic acids is 1. The molecule has 9 nitrogen and oxygen atoms in total. The van der Waals surface area contributed by atoms with Crippen molar-refractivity contribution in [2.24, 2.45) is 11.2 Å². The van der Waals surface area contributed by atoms with E-state index < -0.39 is 24.8 Å². The van der Waals surface area contributed by atoms with Crippen LogP contribution >= 0.6 is 0 Å². The first kappa shape index (κ1) is 14.0. The van der Waals surface area contributed by atoms with E-state index in [1.165, 1.54) is 0 Å². The van der Waals surface area contributed by atoms with Gasteiger partial charge in [0.05, 0.1) is 17.4 Å². The lowest BCUT2D eigenvalue weighted by Crippen LogP contribution is -2.55. The number of hydrogen-bond donors (Lipinski definition) is 1. The van der Waals surface area contributed by atoms with Crippen molar-refractivity contribution < 1.29 is 29.2 Å². The standard InChI is InChI=1S/C9H15N3O6/c1-6(2)9(15)17-5-18-10-12(16)11-4-3-7(11)8(13)14/h6-7H,3-5H2,1-2H3,(H,13,14)/b12-10-/t7-/m0/s1. The minimum Gasteiger partial charge on any atom is -0.569 e. The van der Waals surface area contributed by atoms with Gasteiger partial charge in [0, 0.05) is 6.42 Å². The smallest absolute Gasteiger partial charge is 0.332 e. The first-order valence-corrected chi connectivity index (χ1v) is 5.39. The van der Waals surface area contributed by atoms with E-state index in [9.17, 15) is 14.8 Å². The van der Waals surface area contributed by atoms with Crippen molar-refractivity contribution in [3.63, 3.8) is 0 Å². The molecule has 0 aromatic rings. The summed E-state index contributed by atoms with van der Waals surface area (Å²) in [7, 11) is 0. The molecule has 0 saturated carbocycles. The average molecular weight is 261 g/mol. The van der Waals surface area contributed by atoms with Crippen molar-refractivity contribution in [3.05, 3.63) is 5.21 Å². The van der Waals surface area contributed by atoms with Crippen molar-refractivity contribution in [1.29, 1.82) is 0 Å². The van der Waals surface area contributed by atoms with Crippen molar-refractivity contribution in [2.75, 3.05) is 13.3 Å². The third kappa shape index (κ3) is 3.47. The Morgan fingerprint density at radius 3 is 2.72 bits per heavy atom. The van der Waals surface area contributed by atoms with Gasteiger partial charge in [-0.15, -0.1) is 5.01 Å². The molecule has 0 aliphatic carbocycles. The van der Waals surface area contributed by atoms with Crippen LogP contribution in [0.2, 0.25) is 0 Å². The van der Waals surface area contributed by atoms with Gasteiger partial charge >= 0.3 is 11.9 Å². The molecule has 0 aromatic carbocycles. The fourth-order valence-electron chi connectivity index (χ4n) is 1.20. The lowest BCUT2D eigenvalue weighted by atomic mass is 10.1. The minimum absolute atomic E-state index is 0.0471. The highest BCUT2D eigenvalue weighted by molar-refractivity contribution is 5.74. The fourth-order valence-corrected chi connectivity index (χ4v) is 1.20. The molecule has 9 heteroatoms. The summed E-state index contributed by atoms with van der Waals surface area (Å²) in [6.45, 7) is 3.11. The average Bonchev–Trinajstić information content (AvgIpc) is 2.21. The third-order valence-electron chi connectivity index (χ3n) is 2.35. The molecule has 1 aliphatic heterocycles. The van der Waals surface area contributed by atoms with E-state index in [0.717, 1.165) is 5.01 Å². The first-order valence-electron chi connectivity index (χ1n) is 5.39. The van der Waals surface area contributed by atoms with Crippen LogP contribution < -0.4 is 0 Å². The Morgan fingerprint density at radius 2 is 2.28 bits per heavy atom. The van der Waals surface area contributed by atoms with E-state index in [-0.39, 0.29) is 10.9 Å². The van der Waals surface area contributed by atoms with Gasteiger partial charge in [-0.25, -0.2) is 4.79 Å². The van der Waals surface area contributed by atoms with Crippen LogP contribution in [0.25, 0.3) is 0 Å². The molecule has 1 N–H and O–H groups in total. The topological polar surface area (TPSA) is 114 Å². The Labute approximate surface area is 103 Å². The number of esters is 1. The Morgan fingerprint density at radius 1 is 1.61 bits per heavy atom. The Kier molecular flexibility index (Phi) is 4.69. The van der Waals surface area contributed by atoms with E-state index in [4.69, 9.17) is 5.11 Å². The van der Waals surface area contributed by atoms with Gasteiger partial charge in [0.15, 0.2) is 6.04 Å². The molecule has 0 unspecified atom stereocenters. The highest BCUT2D eigenvalue weighted by atomic mass is 16.8. The second kappa shape index (κ2) is 6.03. The number of carbonyl (C=O) groups excluding carboxylic acids is 1. The van der Waals surface area contributed by atoms with Gasteiger partial charge in [0.2, 0.25) is 5.28 Å². The van der Waals surface area contributed by atoms with E-state index in [1.807, 2.05) is 0 Å². The maximum Gasteiger partial charge on any atom is 0.332 e. The zero-order valence-corrected chi connectivity index (χ0v) is 10.1. The monoisotopic (exact) mass is 261 g/mol. The van der Waals surface area contributed by atoms with Gasteiger partial charge in [-0.1, -0.05) is 13.8 Å². The molecule has 1 atom stereocenters. The van der Waals surface area contributed by atoms with Gasteiger partial charge in [-0.2, -0.15) is 0 Å². The van der Waals surface area contributed by atoms with Crippen LogP contribution in [0.1, 0.15) is 20.3 Å². The van der Waals surface area contributed by atoms with Crippen LogP contribution in [-0.2, 0) is 19.2 Å². The van der Waals surface area contributed by atoms with Crippen LogP contribution in [0, 0.1) is 11.1 Å². The Balaban J connectivity index is 2.30. The number of ether oxygens (including phenoxy) is 1. The van der Waals surface area contributed by atoms with Gasteiger partial charge in [0.1, 0.15) is 0 Å². The molecule has 1 heterocycles. The molecular formula is C9H15N3O6. The summed E-state index contributed by atoms with van der Waals surface area (Å²) in [5.41, 5.74) is 0. The fraction of sp³-hybridized carbons (Fsp3) is 0.778. The van der Waals surface area contributed by atoms with Crippen molar-refractivity contribution in [2.45, 2.75) is 26.3 Å². The molecular weight excluding hydrogens is 246 g/mol. The Hall–Kier alpha value is -2.06. The predicted molar refractivity (Wildman–Crippen MR) is 55.7 cm³/mol. The van der Waals surface area contributed by atoms with E-state index in [0.29, 0.717) is 13.0 Å². The van der Waals surface area contributed by atoms with Crippen molar-refractivity contribution in [1.82, 2.24) is 5.01 Å². The molecule has 0 aromatic heterocycles. The van der Waals surface area contributed by atoms with Gasteiger partial charge in [-0.3, -0.25) is 4.79 Å². The molecule has 0 spiro atoms. The number of nitrogens with zero attached hydrogens (tertiary/aromatic N) is 3. The van der Waals surface area contributed by atoms with Crippen LogP contribution in [-0.4, -0.2) is 46.4 Å². The second-order valence-electron chi connectivity index (χ2n) is 4.01. The van der Waals surface area contributed by atoms with E-state index >= 15 is 0 Å². The lowest BCUT2D eigenvalue weighted by molar-refractivity contribution is -0.729.